The van der Waals surface area contributed by atoms with E-state index in [0.717, 1.165) is 12.1 Å². The summed E-state index contributed by atoms with van der Waals surface area (Å²) < 4.78 is 13.7. The van der Waals surface area contributed by atoms with Gasteiger partial charge in [0.1, 0.15) is 5.82 Å². The number of rotatable bonds is 5. The molecule has 0 fully saturated rings. The maximum absolute atomic E-state index is 13.7. The number of hydrogen-bond acceptors (Lipinski definition) is 2. The minimum absolute atomic E-state index is 0.0143. The first-order valence-corrected chi connectivity index (χ1v) is 7.40. The molecule has 2 rings (SSSR count). The number of hydrogen-bond donors (Lipinski definition) is 1. The van der Waals surface area contributed by atoms with E-state index in [4.69, 9.17) is 0 Å². The summed E-state index contributed by atoms with van der Waals surface area (Å²) >= 11 is 1.77. The minimum atomic E-state index is -0.142. The second kappa shape index (κ2) is 5.85. The predicted molar refractivity (Wildman–Crippen MR) is 80.2 cm³/mol. The summed E-state index contributed by atoms with van der Waals surface area (Å²) in [7, 11) is 0. The van der Waals surface area contributed by atoms with Gasteiger partial charge in [-0.3, -0.25) is 0 Å². The van der Waals surface area contributed by atoms with Gasteiger partial charge in [0.25, 0.3) is 0 Å². The van der Waals surface area contributed by atoms with Gasteiger partial charge >= 0.3 is 0 Å². The van der Waals surface area contributed by atoms with Crippen LogP contribution in [0.25, 0.3) is 0 Å². The molecule has 1 aromatic heterocycles. The number of nitrogens with one attached hydrogen (secondary N) is 1. The van der Waals surface area contributed by atoms with Crippen molar-refractivity contribution in [2.45, 2.75) is 32.2 Å². The fourth-order valence-electron chi connectivity index (χ4n) is 2.10. The fourth-order valence-corrected chi connectivity index (χ4v) is 2.95. The molecule has 0 saturated carbocycles. The Morgan fingerprint density at radius 3 is 2.58 bits per heavy atom. The molecule has 1 aromatic carbocycles. The van der Waals surface area contributed by atoms with Gasteiger partial charge in [0.05, 0.1) is 0 Å². The molecule has 0 bridgehead atoms. The Bertz CT molecular complexity index is 519. The van der Waals surface area contributed by atoms with Crippen molar-refractivity contribution in [3.63, 3.8) is 0 Å². The topological polar surface area (TPSA) is 12.0 Å². The van der Waals surface area contributed by atoms with E-state index >= 15 is 0 Å². The second-order valence-electron chi connectivity index (χ2n) is 5.49. The zero-order valence-corrected chi connectivity index (χ0v) is 12.4. The summed E-state index contributed by atoms with van der Waals surface area (Å²) in [5.74, 6) is -0.142. The Hall–Kier alpha value is -1.19. The van der Waals surface area contributed by atoms with Gasteiger partial charge in [-0.25, -0.2) is 4.39 Å². The van der Waals surface area contributed by atoms with Crippen molar-refractivity contribution in [3.8, 4) is 0 Å². The molecule has 1 N–H and O–H groups in total. The van der Waals surface area contributed by atoms with Gasteiger partial charge in [0.15, 0.2) is 0 Å². The highest BCUT2D eigenvalue weighted by Gasteiger charge is 2.22. The van der Waals surface area contributed by atoms with Crippen molar-refractivity contribution in [1.29, 1.82) is 0 Å². The molecule has 1 nitrogen and oxygen atoms in total. The summed E-state index contributed by atoms with van der Waals surface area (Å²) in [4.78, 5) is 1.35. The molecule has 1 atom stereocenters. The molecule has 0 spiro atoms. The van der Waals surface area contributed by atoms with Crippen LogP contribution >= 0.6 is 11.3 Å². The smallest absolute Gasteiger partial charge is 0.127 e. The number of benzene rings is 1. The molecule has 0 amide bonds. The van der Waals surface area contributed by atoms with E-state index in [2.05, 4.69) is 36.7 Å². The third-order valence-corrected chi connectivity index (χ3v) is 4.65. The molecule has 0 saturated heterocycles. The fraction of sp³-hybridized carbons (Fsp3) is 0.375. The quantitative estimate of drug-likeness (QED) is 0.847. The Labute approximate surface area is 118 Å². The van der Waals surface area contributed by atoms with Gasteiger partial charge in [-0.15, -0.1) is 11.3 Å². The molecule has 0 aliphatic heterocycles. The zero-order chi connectivity index (χ0) is 13.9. The van der Waals surface area contributed by atoms with Crippen LogP contribution in [-0.4, -0.2) is 6.54 Å². The van der Waals surface area contributed by atoms with E-state index in [1.54, 1.807) is 17.4 Å². The molecule has 19 heavy (non-hydrogen) atoms. The van der Waals surface area contributed by atoms with E-state index < -0.39 is 0 Å². The van der Waals surface area contributed by atoms with Crippen LogP contribution in [-0.2, 0) is 5.41 Å². The highest BCUT2D eigenvalue weighted by atomic mass is 32.1. The Morgan fingerprint density at radius 1 is 1.21 bits per heavy atom. The Morgan fingerprint density at radius 2 is 1.95 bits per heavy atom. The molecule has 1 heterocycles. The van der Waals surface area contributed by atoms with Gasteiger partial charge in [0.2, 0.25) is 0 Å². The van der Waals surface area contributed by atoms with Gasteiger partial charge in [-0.05, 0) is 24.4 Å². The van der Waals surface area contributed by atoms with Crippen LogP contribution in [0.15, 0.2) is 41.8 Å². The standard InChI is InChI=1S/C16H20FNS/c1-12(13-7-4-5-8-14(13)17)18-11-16(2,3)15-9-6-10-19-15/h4-10,12,18H,11H2,1-3H3. The highest BCUT2D eigenvalue weighted by Crippen LogP contribution is 2.27. The Balaban J connectivity index is 2.01. The average Bonchev–Trinajstić information content (AvgIpc) is 2.91. The largest absolute Gasteiger partial charge is 0.309 e. The lowest BCUT2D eigenvalue weighted by Gasteiger charge is -2.26. The van der Waals surface area contributed by atoms with Crippen LogP contribution in [0, 0.1) is 5.82 Å². The number of halogens is 1. The maximum atomic E-state index is 13.7. The van der Waals surface area contributed by atoms with Crippen LogP contribution in [0.1, 0.15) is 37.3 Å². The lowest BCUT2D eigenvalue weighted by molar-refractivity contribution is 0.433. The predicted octanol–water partition coefficient (Wildman–Crippen LogP) is 4.52. The van der Waals surface area contributed by atoms with Crippen molar-refractivity contribution in [3.05, 3.63) is 58.0 Å². The minimum Gasteiger partial charge on any atom is -0.309 e. The van der Waals surface area contributed by atoms with E-state index in [1.165, 1.54) is 10.9 Å². The van der Waals surface area contributed by atoms with E-state index in [-0.39, 0.29) is 17.3 Å². The van der Waals surface area contributed by atoms with Crippen molar-refractivity contribution in [2.24, 2.45) is 0 Å². The SMILES string of the molecule is CC(NCC(C)(C)c1cccs1)c1ccccc1F. The zero-order valence-electron chi connectivity index (χ0n) is 11.6. The van der Waals surface area contributed by atoms with Crippen molar-refractivity contribution < 1.29 is 4.39 Å². The van der Waals surface area contributed by atoms with Crippen molar-refractivity contribution in [2.75, 3.05) is 6.54 Å². The third kappa shape index (κ3) is 3.43. The second-order valence-corrected chi connectivity index (χ2v) is 6.43. The molecular weight excluding hydrogens is 257 g/mol. The summed E-state index contributed by atoms with van der Waals surface area (Å²) in [6.45, 7) is 7.24. The molecule has 102 valence electrons. The van der Waals surface area contributed by atoms with Crippen LogP contribution in [0.4, 0.5) is 4.39 Å². The molecule has 0 radical (unpaired) electrons. The monoisotopic (exact) mass is 277 g/mol. The molecular formula is C16H20FNS. The highest BCUT2D eigenvalue weighted by molar-refractivity contribution is 7.10. The maximum Gasteiger partial charge on any atom is 0.127 e. The van der Waals surface area contributed by atoms with Crippen molar-refractivity contribution >= 4 is 11.3 Å². The molecule has 0 aliphatic carbocycles. The molecule has 1 unspecified atom stereocenters. The lowest BCUT2D eigenvalue weighted by atomic mass is 9.91. The van der Waals surface area contributed by atoms with E-state index in [1.807, 2.05) is 19.1 Å². The van der Waals surface area contributed by atoms with Gasteiger partial charge < -0.3 is 5.32 Å². The van der Waals surface area contributed by atoms with Gasteiger partial charge in [-0.2, -0.15) is 0 Å². The van der Waals surface area contributed by atoms with Gasteiger partial charge in [-0.1, -0.05) is 38.1 Å². The summed E-state index contributed by atoms with van der Waals surface area (Å²) in [6, 6.07) is 11.2. The van der Waals surface area contributed by atoms with E-state index in [0.29, 0.717) is 0 Å². The lowest BCUT2D eigenvalue weighted by Crippen LogP contribution is -2.34. The molecule has 0 aliphatic rings. The first-order valence-electron chi connectivity index (χ1n) is 6.52. The van der Waals surface area contributed by atoms with Crippen LogP contribution < -0.4 is 5.32 Å². The molecule has 2 aromatic rings. The summed E-state index contributed by atoms with van der Waals surface area (Å²) in [5, 5.41) is 5.53. The first-order chi connectivity index (χ1) is 9.00. The van der Waals surface area contributed by atoms with Gasteiger partial charge in [0, 0.05) is 28.4 Å². The van der Waals surface area contributed by atoms with E-state index in [9.17, 15) is 4.39 Å². The molecule has 3 heteroatoms. The van der Waals surface area contributed by atoms with Crippen LogP contribution in [0.2, 0.25) is 0 Å². The first kappa shape index (κ1) is 14.2. The normalized spacial score (nSPS) is 13.5. The number of thiophene rings is 1. The average molecular weight is 277 g/mol. The third-order valence-electron chi connectivity index (χ3n) is 3.41. The Kier molecular flexibility index (Phi) is 4.38. The van der Waals surface area contributed by atoms with Crippen LogP contribution in [0.5, 0.6) is 0 Å². The summed E-state index contributed by atoms with van der Waals surface area (Å²) in [5.41, 5.74) is 0.790. The van der Waals surface area contributed by atoms with Crippen LogP contribution in [0.3, 0.4) is 0 Å². The van der Waals surface area contributed by atoms with Crippen molar-refractivity contribution in [1.82, 2.24) is 5.32 Å². The summed E-state index contributed by atoms with van der Waals surface area (Å²) in [6.07, 6.45) is 0.